The number of hydrogen-bond acceptors (Lipinski definition) is 5. The Kier molecular flexibility index (Phi) is 5.97. The Hall–Kier alpha value is -2.58. The Labute approximate surface area is 177 Å². The summed E-state index contributed by atoms with van der Waals surface area (Å²) in [5.41, 5.74) is 0.997. The molecular weight excluding hydrogens is 404 g/mol. The van der Waals surface area contributed by atoms with Crippen molar-refractivity contribution in [3.05, 3.63) is 54.1 Å². The number of ether oxygens (including phenoxy) is 2. The quantitative estimate of drug-likeness (QED) is 0.789. The summed E-state index contributed by atoms with van der Waals surface area (Å²) in [4.78, 5) is 13.1. The number of nitrogens with zero attached hydrogens (tertiary/aromatic N) is 1. The fourth-order valence-electron chi connectivity index (χ4n) is 4.04. The Balaban J connectivity index is 1.37. The molecule has 1 N–H and O–H groups in total. The number of sulfonamides is 1. The first-order valence-electron chi connectivity index (χ1n) is 10.2. The molecule has 30 heavy (non-hydrogen) atoms. The van der Waals surface area contributed by atoms with Gasteiger partial charge >= 0.3 is 0 Å². The van der Waals surface area contributed by atoms with Gasteiger partial charge in [0.05, 0.1) is 24.7 Å². The number of benzene rings is 2. The second-order valence-corrected chi connectivity index (χ2v) is 9.53. The molecule has 2 aliphatic heterocycles. The van der Waals surface area contributed by atoms with Crippen molar-refractivity contribution in [1.82, 2.24) is 9.62 Å². The van der Waals surface area contributed by atoms with Gasteiger partial charge < -0.3 is 14.8 Å². The summed E-state index contributed by atoms with van der Waals surface area (Å²) >= 11 is 0. The molecule has 4 rings (SSSR count). The second-order valence-electron chi connectivity index (χ2n) is 7.59. The van der Waals surface area contributed by atoms with E-state index in [4.69, 9.17) is 9.47 Å². The van der Waals surface area contributed by atoms with E-state index >= 15 is 0 Å². The minimum absolute atomic E-state index is 0.0156. The summed E-state index contributed by atoms with van der Waals surface area (Å²) in [6.45, 7) is 1.23. The van der Waals surface area contributed by atoms with Crippen LogP contribution in [0, 0.1) is 5.92 Å². The van der Waals surface area contributed by atoms with Crippen LogP contribution in [0.5, 0.6) is 11.5 Å². The van der Waals surface area contributed by atoms with Crippen molar-refractivity contribution in [2.45, 2.75) is 30.2 Å². The smallest absolute Gasteiger partial charge is 0.243 e. The maximum atomic E-state index is 12.9. The Morgan fingerprint density at radius 1 is 1.07 bits per heavy atom. The first kappa shape index (κ1) is 20.7. The lowest BCUT2D eigenvalue weighted by Gasteiger charge is -2.32. The predicted molar refractivity (Wildman–Crippen MR) is 112 cm³/mol. The molecule has 2 aromatic rings. The van der Waals surface area contributed by atoms with Gasteiger partial charge in [0.2, 0.25) is 15.9 Å². The van der Waals surface area contributed by atoms with E-state index in [0.717, 1.165) is 17.7 Å². The third-order valence-corrected chi connectivity index (χ3v) is 7.71. The summed E-state index contributed by atoms with van der Waals surface area (Å²) < 4.78 is 38.0. The van der Waals surface area contributed by atoms with Gasteiger partial charge in [-0.15, -0.1) is 0 Å². The number of para-hydroxylation sites is 1. The topological polar surface area (TPSA) is 84.9 Å². The summed E-state index contributed by atoms with van der Waals surface area (Å²) in [6.07, 6.45) is 1.74. The SMILES string of the molecule is COc1ccc(S(=O)(=O)N2CCC(C(=O)NC3CCOc4ccccc43)CC2)cc1. The van der Waals surface area contributed by atoms with Crippen molar-refractivity contribution in [2.24, 2.45) is 5.92 Å². The summed E-state index contributed by atoms with van der Waals surface area (Å²) in [5.74, 6) is 1.22. The zero-order valence-electron chi connectivity index (χ0n) is 16.9. The van der Waals surface area contributed by atoms with Gasteiger partial charge in [0.25, 0.3) is 0 Å². The van der Waals surface area contributed by atoms with E-state index in [-0.39, 0.29) is 22.8 Å². The molecule has 0 spiro atoms. The zero-order valence-corrected chi connectivity index (χ0v) is 17.7. The number of hydrogen-bond donors (Lipinski definition) is 1. The fraction of sp³-hybridized carbons (Fsp3) is 0.409. The van der Waals surface area contributed by atoms with Crippen molar-refractivity contribution in [2.75, 3.05) is 26.8 Å². The summed E-state index contributed by atoms with van der Waals surface area (Å²) in [5, 5.41) is 3.14. The van der Waals surface area contributed by atoms with Crippen LogP contribution in [-0.4, -0.2) is 45.4 Å². The average Bonchev–Trinajstić information content (AvgIpc) is 2.79. The van der Waals surface area contributed by atoms with Gasteiger partial charge in [0.1, 0.15) is 11.5 Å². The zero-order chi connectivity index (χ0) is 21.1. The molecule has 0 bridgehead atoms. The molecular formula is C22H26N2O5S. The highest BCUT2D eigenvalue weighted by Gasteiger charge is 2.33. The number of carbonyl (C=O) groups excluding carboxylic acids is 1. The van der Waals surface area contributed by atoms with E-state index in [9.17, 15) is 13.2 Å². The molecule has 1 saturated heterocycles. The second kappa shape index (κ2) is 8.65. The van der Waals surface area contributed by atoms with E-state index in [2.05, 4.69) is 5.32 Å². The van der Waals surface area contributed by atoms with Crippen LogP contribution < -0.4 is 14.8 Å². The van der Waals surface area contributed by atoms with Gasteiger partial charge in [-0.3, -0.25) is 4.79 Å². The van der Waals surface area contributed by atoms with Gasteiger partial charge in [-0.25, -0.2) is 8.42 Å². The van der Waals surface area contributed by atoms with Gasteiger partial charge in [-0.05, 0) is 43.2 Å². The van der Waals surface area contributed by atoms with Crippen LogP contribution >= 0.6 is 0 Å². The van der Waals surface area contributed by atoms with Crippen LogP contribution in [0.15, 0.2) is 53.4 Å². The molecule has 1 amide bonds. The van der Waals surface area contributed by atoms with E-state index in [1.54, 1.807) is 24.3 Å². The molecule has 2 aliphatic rings. The maximum Gasteiger partial charge on any atom is 0.243 e. The first-order chi connectivity index (χ1) is 14.5. The molecule has 1 fully saturated rings. The van der Waals surface area contributed by atoms with Crippen molar-refractivity contribution in [3.8, 4) is 11.5 Å². The van der Waals surface area contributed by atoms with Crippen molar-refractivity contribution in [3.63, 3.8) is 0 Å². The lowest BCUT2D eigenvalue weighted by Crippen LogP contribution is -2.44. The highest BCUT2D eigenvalue weighted by atomic mass is 32.2. The normalized spacial score (nSPS) is 20.1. The van der Waals surface area contributed by atoms with Crippen LogP contribution in [0.3, 0.4) is 0 Å². The minimum Gasteiger partial charge on any atom is -0.497 e. The lowest BCUT2D eigenvalue weighted by atomic mass is 9.95. The van der Waals surface area contributed by atoms with Crippen LogP contribution in [0.25, 0.3) is 0 Å². The number of nitrogens with one attached hydrogen (secondary N) is 1. The average molecular weight is 431 g/mol. The number of carbonyl (C=O) groups is 1. The molecule has 0 aromatic heterocycles. The van der Waals surface area contributed by atoms with E-state index in [1.807, 2.05) is 24.3 Å². The molecule has 8 heteroatoms. The van der Waals surface area contributed by atoms with E-state index in [0.29, 0.717) is 38.3 Å². The standard InChI is InChI=1S/C22H26N2O5S/c1-28-17-6-8-18(9-7-17)30(26,27)24-13-10-16(11-14-24)22(25)23-20-12-15-29-21-5-3-2-4-19(20)21/h2-9,16,20H,10-15H2,1H3,(H,23,25). The van der Waals surface area contributed by atoms with E-state index in [1.165, 1.54) is 11.4 Å². The molecule has 0 saturated carbocycles. The predicted octanol–water partition coefficient (Wildman–Crippen LogP) is 2.74. The van der Waals surface area contributed by atoms with Gasteiger partial charge in [-0.1, -0.05) is 18.2 Å². The molecule has 0 aliphatic carbocycles. The van der Waals surface area contributed by atoms with Gasteiger partial charge in [0.15, 0.2) is 0 Å². The fourth-order valence-corrected chi connectivity index (χ4v) is 5.51. The van der Waals surface area contributed by atoms with E-state index < -0.39 is 10.0 Å². The molecule has 7 nitrogen and oxygen atoms in total. The Morgan fingerprint density at radius 2 is 1.77 bits per heavy atom. The molecule has 1 unspecified atom stereocenters. The third-order valence-electron chi connectivity index (χ3n) is 5.80. The van der Waals surface area contributed by atoms with Crippen LogP contribution in [-0.2, 0) is 14.8 Å². The van der Waals surface area contributed by atoms with Crippen LogP contribution in [0.4, 0.5) is 0 Å². The Morgan fingerprint density at radius 3 is 2.47 bits per heavy atom. The summed E-state index contributed by atoms with van der Waals surface area (Å²) in [6, 6.07) is 14.1. The van der Waals surface area contributed by atoms with Crippen molar-refractivity contribution >= 4 is 15.9 Å². The van der Waals surface area contributed by atoms with Crippen molar-refractivity contribution in [1.29, 1.82) is 0 Å². The molecule has 2 heterocycles. The maximum absolute atomic E-state index is 12.9. The summed E-state index contributed by atoms with van der Waals surface area (Å²) in [7, 11) is -2.03. The monoisotopic (exact) mass is 430 g/mol. The molecule has 0 radical (unpaired) electrons. The third kappa shape index (κ3) is 4.15. The molecule has 160 valence electrons. The number of piperidine rings is 1. The highest BCUT2D eigenvalue weighted by Crippen LogP contribution is 2.32. The molecule has 2 aromatic carbocycles. The van der Waals surface area contributed by atoms with Gasteiger partial charge in [0, 0.05) is 31.0 Å². The van der Waals surface area contributed by atoms with Crippen LogP contribution in [0.1, 0.15) is 30.9 Å². The van der Waals surface area contributed by atoms with Crippen LogP contribution in [0.2, 0.25) is 0 Å². The number of rotatable bonds is 5. The minimum atomic E-state index is -3.57. The largest absolute Gasteiger partial charge is 0.497 e. The highest BCUT2D eigenvalue weighted by molar-refractivity contribution is 7.89. The van der Waals surface area contributed by atoms with Crippen molar-refractivity contribution < 1.29 is 22.7 Å². The number of methoxy groups -OCH3 is 1. The number of amides is 1. The first-order valence-corrected chi connectivity index (χ1v) is 11.6. The number of fused-ring (bicyclic) bond motifs is 1. The Bertz CT molecular complexity index is 998. The molecule has 1 atom stereocenters. The van der Waals surface area contributed by atoms with Gasteiger partial charge in [-0.2, -0.15) is 4.31 Å². The lowest BCUT2D eigenvalue weighted by molar-refractivity contribution is -0.127.